The molecule has 1 saturated heterocycles. The van der Waals surface area contributed by atoms with Gasteiger partial charge in [-0.1, -0.05) is 0 Å². The summed E-state index contributed by atoms with van der Waals surface area (Å²) in [5, 5.41) is 0. The number of hydrogen-bond donors (Lipinski definition) is 0. The van der Waals surface area contributed by atoms with Crippen molar-refractivity contribution in [1.82, 2.24) is 4.90 Å². The van der Waals surface area contributed by atoms with Crippen molar-refractivity contribution in [1.29, 1.82) is 0 Å². The van der Waals surface area contributed by atoms with Crippen molar-refractivity contribution in [3.63, 3.8) is 0 Å². The lowest BCUT2D eigenvalue weighted by atomic mass is 10.1. The maximum absolute atomic E-state index is 11.9. The van der Waals surface area contributed by atoms with Gasteiger partial charge in [0.1, 0.15) is 10.9 Å². The molecule has 0 aromatic rings. The lowest BCUT2D eigenvalue weighted by molar-refractivity contribution is -0.159. The van der Waals surface area contributed by atoms with Gasteiger partial charge in [-0.3, -0.25) is 9.59 Å². The number of nitrogens with zero attached hydrogens (tertiary/aromatic N) is 1. The Morgan fingerprint density at radius 1 is 1.33 bits per heavy atom. The summed E-state index contributed by atoms with van der Waals surface area (Å²) in [6.07, 6.45) is -0.236. The minimum Gasteiger partial charge on any atom is -0.461 e. The molecule has 102 valence electrons. The van der Waals surface area contributed by atoms with Gasteiger partial charge in [-0.05, 0) is 27.7 Å². The van der Waals surface area contributed by atoms with Crippen molar-refractivity contribution in [2.45, 2.75) is 51.6 Å². The molecule has 1 fully saturated rings. The zero-order valence-electron chi connectivity index (χ0n) is 11.4. The Morgan fingerprint density at radius 2 is 1.89 bits per heavy atom. The van der Waals surface area contributed by atoms with Gasteiger partial charge in [-0.25, -0.2) is 4.79 Å². The maximum atomic E-state index is 11.9. The number of esters is 1. The zero-order chi connectivity index (χ0) is 14.1. The number of ketones is 1. The Bertz CT molecular complexity index is 382. The molecular formula is C12H19NO4S. The molecule has 2 unspecified atom stereocenters. The van der Waals surface area contributed by atoms with Gasteiger partial charge in [-0.2, -0.15) is 0 Å². The van der Waals surface area contributed by atoms with E-state index in [0.717, 1.165) is 0 Å². The van der Waals surface area contributed by atoms with Crippen molar-refractivity contribution >= 4 is 29.4 Å². The van der Waals surface area contributed by atoms with Gasteiger partial charge in [0.2, 0.25) is 5.91 Å². The zero-order valence-corrected chi connectivity index (χ0v) is 12.2. The maximum Gasteiger partial charge on any atom is 0.330 e. The van der Waals surface area contributed by atoms with E-state index >= 15 is 0 Å². The minimum absolute atomic E-state index is 0.137. The summed E-state index contributed by atoms with van der Waals surface area (Å²) < 4.78 is 5.13. The Labute approximate surface area is 111 Å². The number of hydrogen-bond acceptors (Lipinski definition) is 5. The summed E-state index contributed by atoms with van der Waals surface area (Å²) in [7, 11) is 0. The summed E-state index contributed by atoms with van der Waals surface area (Å²) in [6.45, 7) is 7.97. The molecule has 1 amide bonds. The molecule has 0 spiro atoms. The van der Waals surface area contributed by atoms with Gasteiger partial charge in [0.25, 0.3) is 0 Å². The fourth-order valence-electron chi connectivity index (χ4n) is 1.96. The monoisotopic (exact) mass is 273 g/mol. The first-order valence-electron chi connectivity index (χ1n) is 5.85. The van der Waals surface area contributed by atoms with Crippen molar-refractivity contribution < 1.29 is 19.1 Å². The second kappa shape index (κ2) is 5.30. The number of carbonyl (C=O) groups is 3. The van der Waals surface area contributed by atoms with Crippen LogP contribution in [0.25, 0.3) is 0 Å². The molecule has 0 N–H and O–H groups in total. The molecule has 1 aliphatic heterocycles. The predicted molar refractivity (Wildman–Crippen MR) is 69.1 cm³/mol. The number of carbonyl (C=O) groups excluding carboxylic acids is 3. The Hall–Kier alpha value is -1.04. The summed E-state index contributed by atoms with van der Waals surface area (Å²) in [5.41, 5.74) is 0. The molecule has 0 aromatic carbocycles. The molecule has 5 nitrogen and oxygen atoms in total. The van der Waals surface area contributed by atoms with Gasteiger partial charge in [0.15, 0.2) is 5.78 Å². The lowest BCUT2D eigenvalue weighted by Gasteiger charge is -2.33. The molecule has 0 aromatic heterocycles. The van der Waals surface area contributed by atoms with Crippen LogP contribution in [0.3, 0.4) is 0 Å². The van der Waals surface area contributed by atoms with Crippen LogP contribution in [-0.4, -0.2) is 45.3 Å². The fourth-order valence-corrected chi connectivity index (χ4v) is 3.32. The van der Waals surface area contributed by atoms with Crippen molar-refractivity contribution in [2.75, 3.05) is 5.75 Å². The smallest absolute Gasteiger partial charge is 0.330 e. The molecule has 6 heteroatoms. The standard InChI is InChI=1S/C12H19NO4S/c1-7(2)17-11(16)10-6-18-12(5,8(3)14)13(10)9(4)15/h7,10H,6H2,1-5H3. The highest BCUT2D eigenvalue weighted by Gasteiger charge is 2.51. The fraction of sp³-hybridized carbons (Fsp3) is 0.750. The van der Waals surface area contributed by atoms with Gasteiger partial charge < -0.3 is 9.64 Å². The van der Waals surface area contributed by atoms with Crippen LogP contribution in [0.2, 0.25) is 0 Å². The number of ether oxygens (including phenoxy) is 1. The minimum atomic E-state index is -0.966. The lowest BCUT2D eigenvalue weighted by Crippen LogP contribution is -2.54. The number of Topliss-reactive ketones (excluding diaryl/α,β-unsaturated/α-hetero) is 1. The Balaban J connectivity index is 2.99. The Morgan fingerprint density at radius 3 is 2.28 bits per heavy atom. The van der Waals surface area contributed by atoms with E-state index in [-0.39, 0.29) is 17.8 Å². The third kappa shape index (κ3) is 2.68. The van der Waals surface area contributed by atoms with E-state index < -0.39 is 16.9 Å². The van der Waals surface area contributed by atoms with Crippen LogP contribution >= 0.6 is 11.8 Å². The number of rotatable bonds is 3. The summed E-state index contributed by atoms with van der Waals surface area (Å²) >= 11 is 1.31. The Kier molecular flexibility index (Phi) is 4.42. The van der Waals surface area contributed by atoms with Crippen molar-refractivity contribution in [3.8, 4) is 0 Å². The van der Waals surface area contributed by atoms with E-state index in [9.17, 15) is 14.4 Å². The van der Waals surface area contributed by atoms with Crippen LogP contribution in [0.15, 0.2) is 0 Å². The molecule has 0 radical (unpaired) electrons. The highest BCUT2D eigenvalue weighted by molar-refractivity contribution is 8.01. The second-order valence-electron chi connectivity index (χ2n) is 4.74. The van der Waals surface area contributed by atoms with Crippen molar-refractivity contribution in [2.24, 2.45) is 0 Å². The molecule has 1 heterocycles. The van der Waals surface area contributed by atoms with Crippen LogP contribution in [0.5, 0.6) is 0 Å². The first-order valence-corrected chi connectivity index (χ1v) is 6.84. The van der Waals surface area contributed by atoms with Gasteiger partial charge in [0, 0.05) is 12.7 Å². The van der Waals surface area contributed by atoms with E-state index in [1.165, 1.54) is 30.5 Å². The van der Waals surface area contributed by atoms with Gasteiger partial charge >= 0.3 is 5.97 Å². The first-order chi connectivity index (χ1) is 8.20. The average molecular weight is 273 g/mol. The molecule has 0 bridgehead atoms. The van der Waals surface area contributed by atoms with Crippen LogP contribution in [-0.2, 0) is 19.1 Å². The number of thioether (sulfide) groups is 1. The van der Waals surface area contributed by atoms with Crippen LogP contribution in [0, 0.1) is 0 Å². The molecule has 1 rings (SSSR count). The van der Waals surface area contributed by atoms with E-state index in [2.05, 4.69) is 0 Å². The van der Waals surface area contributed by atoms with E-state index in [1.54, 1.807) is 20.8 Å². The summed E-state index contributed by atoms with van der Waals surface area (Å²) in [6, 6.07) is -0.677. The second-order valence-corrected chi connectivity index (χ2v) is 6.16. The summed E-state index contributed by atoms with van der Waals surface area (Å²) in [5.74, 6) is -0.482. The highest BCUT2D eigenvalue weighted by Crippen LogP contribution is 2.40. The third-order valence-electron chi connectivity index (χ3n) is 2.91. The van der Waals surface area contributed by atoms with Crippen molar-refractivity contribution in [3.05, 3.63) is 0 Å². The average Bonchev–Trinajstić information content (AvgIpc) is 2.56. The van der Waals surface area contributed by atoms with E-state index in [1.807, 2.05) is 0 Å². The third-order valence-corrected chi connectivity index (χ3v) is 4.44. The molecule has 0 saturated carbocycles. The van der Waals surface area contributed by atoms with E-state index in [4.69, 9.17) is 4.74 Å². The van der Waals surface area contributed by atoms with Gasteiger partial charge in [-0.15, -0.1) is 11.8 Å². The molecule has 0 aliphatic carbocycles. The quantitative estimate of drug-likeness (QED) is 0.723. The molecule has 2 atom stereocenters. The molecular weight excluding hydrogens is 254 g/mol. The SMILES string of the molecule is CC(=O)N1C(C(=O)OC(C)C)CSC1(C)C(C)=O. The molecule has 1 aliphatic rings. The molecule has 18 heavy (non-hydrogen) atoms. The number of amides is 1. The normalized spacial score (nSPS) is 27.4. The largest absolute Gasteiger partial charge is 0.461 e. The van der Waals surface area contributed by atoms with Crippen LogP contribution < -0.4 is 0 Å². The highest BCUT2D eigenvalue weighted by atomic mass is 32.2. The topological polar surface area (TPSA) is 63.7 Å². The first kappa shape index (κ1) is 15.0. The van der Waals surface area contributed by atoms with E-state index in [0.29, 0.717) is 5.75 Å². The van der Waals surface area contributed by atoms with Crippen LogP contribution in [0.1, 0.15) is 34.6 Å². The van der Waals surface area contributed by atoms with Gasteiger partial charge in [0.05, 0.1) is 6.10 Å². The summed E-state index contributed by atoms with van der Waals surface area (Å²) in [4.78, 5) is 35.7. The van der Waals surface area contributed by atoms with Crippen LogP contribution in [0.4, 0.5) is 0 Å². The predicted octanol–water partition coefficient (Wildman–Crippen LogP) is 1.21.